The van der Waals surface area contributed by atoms with E-state index in [0.717, 1.165) is 5.56 Å². The minimum atomic E-state index is -3.46. The quantitative estimate of drug-likeness (QED) is 0.814. The zero-order valence-electron chi connectivity index (χ0n) is 12.1. The van der Waals surface area contributed by atoms with Crippen molar-refractivity contribution in [3.63, 3.8) is 0 Å². The Hall–Kier alpha value is -1.27. The Kier molecular flexibility index (Phi) is 5.34. The van der Waals surface area contributed by atoms with E-state index in [1.54, 1.807) is 42.5 Å². The second-order valence-electron chi connectivity index (χ2n) is 4.80. The van der Waals surface area contributed by atoms with Crippen molar-refractivity contribution in [3.8, 4) is 5.75 Å². The lowest BCUT2D eigenvalue weighted by Gasteiger charge is -2.13. The van der Waals surface area contributed by atoms with E-state index in [1.165, 1.54) is 18.4 Å². The number of hydrogen-bond acceptors (Lipinski definition) is 3. The first-order valence-corrected chi connectivity index (χ1v) is 8.59. The summed E-state index contributed by atoms with van der Waals surface area (Å²) in [6, 6.07) is 11.6. The van der Waals surface area contributed by atoms with Crippen molar-refractivity contribution in [2.75, 3.05) is 14.1 Å². The minimum Gasteiger partial charge on any atom is -0.489 e. The molecule has 0 atom stereocenters. The molecule has 0 radical (unpaired) electrons. The van der Waals surface area contributed by atoms with Gasteiger partial charge in [0.2, 0.25) is 10.0 Å². The molecule has 0 saturated heterocycles. The molecule has 22 heavy (non-hydrogen) atoms. The maximum Gasteiger partial charge on any atom is 0.242 e. The van der Waals surface area contributed by atoms with E-state index in [9.17, 15) is 8.42 Å². The van der Waals surface area contributed by atoms with Gasteiger partial charge in [0.05, 0.1) is 14.9 Å². The van der Waals surface area contributed by atoms with Gasteiger partial charge < -0.3 is 4.74 Å². The summed E-state index contributed by atoms with van der Waals surface area (Å²) in [7, 11) is -0.467. The summed E-state index contributed by atoms with van der Waals surface area (Å²) in [5.74, 6) is 0.565. The van der Waals surface area contributed by atoms with Gasteiger partial charge >= 0.3 is 0 Å². The highest BCUT2D eigenvalue weighted by Crippen LogP contribution is 2.27. The molecule has 0 heterocycles. The average molecular weight is 360 g/mol. The number of halogens is 2. The molecule has 0 amide bonds. The Morgan fingerprint density at radius 1 is 1.05 bits per heavy atom. The van der Waals surface area contributed by atoms with Crippen LogP contribution in [0.15, 0.2) is 47.4 Å². The van der Waals surface area contributed by atoms with Crippen LogP contribution in [0.2, 0.25) is 10.0 Å². The molecule has 0 aliphatic rings. The molecule has 0 unspecified atom stereocenters. The van der Waals surface area contributed by atoms with Crippen molar-refractivity contribution >= 4 is 33.2 Å². The molecule has 0 fully saturated rings. The van der Waals surface area contributed by atoms with E-state index in [2.05, 4.69) is 0 Å². The normalized spacial score (nSPS) is 11.7. The third-order valence-corrected chi connectivity index (χ3v) is 5.52. The SMILES string of the molecule is CN(C)S(=O)(=O)c1cccc(COc2ccc(Cl)c(Cl)c2)c1. The van der Waals surface area contributed by atoms with Gasteiger partial charge in [-0.15, -0.1) is 0 Å². The zero-order chi connectivity index (χ0) is 16.3. The molecular formula is C15H15Cl2NO3S. The summed E-state index contributed by atoms with van der Waals surface area (Å²) in [5, 5.41) is 0.858. The van der Waals surface area contributed by atoms with Crippen LogP contribution >= 0.6 is 23.2 Å². The fourth-order valence-corrected chi connectivity index (χ4v) is 3.00. The van der Waals surface area contributed by atoms with Gasteiger partial charge in [-0.05, 0) is 29.8 Å². The highest BCUT2D eigenvalue weighted by Gasteiger charge is 2.17. The molecule has 0 N–H and O–H groups in total. The number of ether oxygens (including phenoxy) is 1. The van der Waals surface area contributed by atoms with Crippen LogP contribution in [0.3, 0.4) is 0 Å². The minimum absolute atomic E-state index is 0.229. The zero-order valence-corrected chi connectivity index (χ0v) is 14.4. The van der Waals surface area contributed by atoms with Crippen LogP contribution in [0.25, 0.3) is 0 Å². The summed E-state index contributed by atoms with van der Waals surface area (Å²) in [6.07, 6.45) is 0. The fourth-order valence-electron chi connectivity index (χ4n) is 1.74. The third-order valence-electron chi connectivity index (χ3n) is 2.97. The number of benzene rings is 2. The molecule has 0 saturated carbocycles. The first-order chi connectivity index (χ1) is 10.3. The number of hydrogen-bond donors (Lipinski definition) is 0. The lowest BCUT2D eigenvalue weighted by molar-refractivity contribution is 0.306. The van der Waals surface area contributed by atoms with Crippen LogP contribution in [0.1, 0.15) is 5.56 Å². The molecule has 118 valence electrons. The lowest BCUT2D eigenvalue weighted by Crippen LogP contribution is -2.22. The van der Waals surface area contributed by atoms with E-state index >= 15 is 0 Å². The fraction of sp³-hybridized carbons (Fsp3) is 0.200. The second kappa shape index (κ2) is 6.87. The van der Waals surface area contributed by atoms with Gasteiger partial charge in [0, 0.05) is 20.2 Å². The lowest BCUT2D eigenvalue weighted by atomic mass is 10.2. The van der Waals surface area contributed by atoms with Gasteiger partial charge in [-0.2, -0.15) is 0 Å². The predicted molar refractivity (Wildman–Crippen MR) is 88.1 cm³/mol. The highest BCUT2D eigenvalue weighted by atomic mass is 35.5. The van der Waals surface area contributed by atoms with E-state index < -0.39 is 10.0 Å². The average Bonchev–Trinajstić information content (AvgIpc) is 2.48. The van der Waals surface area contributed by atoms with Crippen molar-refractivity contribution in [1.29, 1.82) is 0 Å². The molecule has 2 aromatic rings. The number of sulfonamides is 1. The van der Waals surface area contributed by atoms with Crippen molar-refractivity contribution in [1.82, 2.24) is 4.31 Å². The Morgan fingerprint density at radius 2 is 1.77 bits per heavy atom. The monoisotopic (exact) mass is 359 g/mol. The Morgan fingerprint density at radius 3 is 2.41 bits per heavy atom. The molecule has 2 aromatic carbocycles. The first kappa shape index (κ1) is 17.1. The van der Waals surface area contributed by atoms with Gasteiger partial charge in [0.15, 0.2) is 0 Å². The number of rotatable bonds is 5. The largest absolute Gasteiger partial charge is 0.489 e. The molecular weight excluding hydrogens is 345 g/mol. The van der Waals surface area contributed by atoms with Crippen LogP contribution < -0.4 is 4.74 Å². The van der Waals surface area contributed by atoms with E-state index in [0.29, 0.717) is 15.8 Å². The Balaban J connectivity index is 2.16. The van der Waals surface area contributed by atoms with Crippen LogP contribution in [-0.2, 0) is 16.6 Å². The van der Waals surface area contributed by atoms with Gasteiger partial charge in [0.25, 0.3) is 0 Å². The van der Waals surface area contributed by atoms with Crippen LogP contribution in [0.5, 0.6) is 5.75 Å². The molecule has 2 rings (SSSR count). The molecule has 0 aliphatic carbocycles. The maximum absolute atomic E-state index is 12.1. The molecule has 0 aliphatic heterocycles. The van der Waals surface area contributed by atoms with E-state index in [1.807, 2.05) is 0 Å². The first-order valence-electron chi connectivity index (χ1n) is 6.40. The van der Waals surface area contributed by atoms with Gasteiger partial charge in [-0.25, -0.2) is 12.7 Å². The van der Waals surface area contributed by atoms with Crippen molar-refractivity contribution in [3.05, 3.63) is 58.1 Å². The molecule has 7 heteroatoms. The summed E-state index contributed by atoms with van der Waals surface area (Å²) in [6.45, 7) is 0.231. The van der Waals surface area contributed by atoms with Crippen LogP contribution in [-0.4, -0.2) is 26.8 Å². The summed E-state index contributed by atoms with van der Waals surface area (Å²) >= 11 is 11.8. The van der Waals surface area contributed by atoms with E-state index in [4.69, 9.17) is 27.9 Å². The van der Waals surface area contributed by atoms with Crippen molar-refractivity contribution in [2.24, 2.45) is 0 Å². The third kappa shape index (κ3) is 3.93. The second-order valence-corrected chi connectivity index (χ2v) is 7.77. The highest BCUT2D eigenvalue weighted by molar-refractivity contribution is 7.89. The smallest absolute Gasteiger partial charge is 0.242 e. The van der Waals surface area contributed by atoms with Gasteiger partial charge in [0.1, 0.15) is 12.4 Å². The van der Waals surface area contributed by atoms with Crippen molar-refractivity contribution < 1.29 is 13.2 Å². The van der Waals surface area contributed by atoms with Crippen LogP contribution in [0, 0.1) is 0 Å². The standard InChI is InChI=1S/C15H15Cl2NO3S/c1-18(2)22(19,20)13-5-3-4-11(8-13)10-21-12-6-7-14(16)15(17)9-12/h3-9H,10H2,1-2H3. The topological polar surface area (TPSA) is 46.6 Å². The Bertz CT molecular complexity index is 776. The van der Waals surface area contributed by atoms with Crippen LogP contribution in [0.4, 0.5) is 0 Å². The molecule has 0 aromatic heterocycles. The van der Waals surface area contributed by atoms with Gasteiger partial charge in [-0.1, -0.05) is 35.3 Å². The van der Waals surface area contributed by atoms with E-state index in [-0.39, 0.29) is 11.5 Å². The summed E-state index contributed by atoms with van der Waals surface area (Å²) in [4.78, 5) is 0.229. The molecule has 0 spiro atoms. The maximum atomic E-state index is 12.1. The molecule has 4 nitrogen and oxygen atoms in total. The van der Waals surface area contributed by atoms with Crippen molar-refractivity contribution in [2.45, 2.75) is 11.5 Å². The summed E-state index contributed by atoms with van der Waals surface area (Å²) in [5.41, 5.74) is 0.744. The molecule has 0 bridgehead atoms. The predicted octanol–water partition coefficient (Wildman–Crippen LogP) is 3.82. The Labute approximate surface area is 140 Å². The summed E-state index contributed by atoms with van der Waals surface area (Å²) < 4.78 is 31.0. The number of nitrogens with zero attached hydrogens (tertiary/aromatic N) is 1. The van der Waals surface area contributed by atoms with Gasteiger partial charge in [-0.3, -0.25) is 0 Å².